The molecule has 9 nitrogen and oxygen atoms in total. The van der Waals surface area contributed by atoms with Gasteiger partial charge in [0.1, 0.15) is 11.8 Å². The lowest BCUT2D eigenvalue weighted by atomic mass is 10.1. The molecule has 1 aromatic heterocycles. The summed E-state index contributed by atoms with van der Waals surface area (Å²) in [6.07, 6.45) is 1.46. The molecule has 1 amide bonds. The lowest BCUT2D eigenvalue weighted by Crippen LogP contribution is -2.30. The van der Waals surface area contributed by atoms with Gasteiger partial charge in [-0.05, 0) is 31.0 Å². The molecule has 0 spiro atoms. The van der Waals surface area contributed by atoms with Gasteiger partial charge in [0.15, 0.2) is 0 Å². The second kappa shape index (κ2) is 7.70. The fraction of sp³-hybridized carbons (Fsp3) is 0.250. The molecule has 1 saturated heterocycles. The van der Waals surface area contributed by atoms with Gasteiger partial charge in [-0.15, -0.1) is 0 Å². The number of hydrogen-bond acceptors (Lipinski definition) is 7. The van der Waals surface area contributed by atoms with E-state index in [2.05, 4.69) is 10.1 Å². The number of aromatic nitrogens is 2. The van der Waals surface area contributed by atoms with Gasteiger partial charge in [0.2, 0.25) is 11.7 Å². The Labute approximate surface area is 166 Å². The van der Waals surface area contributed by atoms with Crippen LogP contribution in [0.2, 0.25) is 0 Å². The second-order valence-electron chi connectivity index (χ2n) is 6.65. The second-order valence-corrected chi connectivity index (χ2v) is 6.65. The number of nitro groups is 1. The zero-order valence-corrected chi connectivity index (χ0v) is 15.6. The highest BCUT2D eigenvalue weighted by Gasteiger charge is 2.35. The van der Waals surface area contributed by atoms with E-state index in [4.69, 9.17) is 9.26 Å². The molecule has 1 atom stereocenters. The van der Waals surface area contributed by atoms with E-state index < -0.39 is 4.92 Å². The molecule has 2 heterocycles. The molecule has 0 bridgehead atoms. The maximum Gasteiger partial charge on any atom is 0.270 e. The van der Waals surface area contributed by atoms with Crippen LogP contribution in [0.3, 0.4) is 0 Å². The minimum Gasteiger partial charge on any atom is -0.497 e. The summed E-state index contributed by atoms with van der Waals surface area (Å²) < 4.78 is 10.7. The van der Waals surface area contributed by atoms with Gasteiger partial charge in [0, 0.05) is 29.8 Å². The number of carbonyl (C=O) groups is 1. The monoisotopic (exact) mass is 394 g/mol. The van der Waals surface area contributed by atoms with E-state index in [1.165, 1.54) is 18.2 Å². The van der Waals surface area contributed by atoms with Crippen molar-refractivity contribution in [1.82, 2.24) is 15.0 Å². The molecule has 1 aliphatic heterocycles. The highest BCUT2D eigenvalue weighted by molar-refractivity contribution is 5.95. The van der Waals surface area contributed by atoms with Gasteiger partial charge in [-0.2, -0.15) is 4.98 Å². The molecule has 0 N–H and O–H groups in total. The molecule has 2 aromatic carbocycles. The normalized spacial score (nSPS) is 16.0. The van der Waals surface area contributed by atoms with Gasteiger partial charge < -0.3 is 14.2 Å². The quantitative estimate of drug-likeness (QED) is 0.480. The highest BCUT2D eigenvalue weighted by Crippen LogP contribution is 2.34. The number of amides is 1. The van der Waals surface area contributed by atoms with Crippen molar-refractivity contribution in [3.63, 3.8) is 0 Å². The molecule has 1 unspecified atom stereocenters. The van der Waals surface area contributed by atoms with Crippen LogP contribution >= 0.6 is 0 Å². The van der Waals surface area contributed by atoms with Crippen LogP contribution < -0.4 is 4.74 Å². The molecule has 0 radical (unpaired) electrons. The van der Waals surface area contributed by atoms with Crippen LogP contribution in [-0.2, 0) is 0 Å². The van der Waals surface area contributed by atoms with Gasteiger partial charge in [-0.1, -0.05) is 23.4 Å². The van der Waals surface area contributed by atoms with Crippen LogP contribution in [0.15, 0.2) is 53.1 Å². The molecule has 3 aromatic rings. The Balaban J connectivity index is 1.59. The average Bonchev–Trinajstić information content (AvgIpc) is 3.42. The Hall–Kier alpha value is -3.75. The predicted octanol–water partition coefficient (Wildman–Crippen LogP) is 3.63. The summed E-state index contributed by atoms with van der Waals surface area (Å²) in [7, 11) is 1.58. The van der Waals surface area contributed by atoms with Gasteiger partial charge in [0.25, 0.3) is 11.6 Å². The standard InChI is InChI=1S/C20H18N4O5/c1-28-16-8-3-5-13(12-16)18-21-19(29-22-18)17-9-4-10-23(17)20(25)14-6-2-7-15(11-14)24(26)27/h2-3,5-8,11-12,17H,4,9-10H2,1H3. The first kappa shape index (κ1) is 18.6. The van der Waals surface area contributed by atoms with Gasteiger partial charge >= 0.3 is 0 Å². The van der Waals surface area contributed by atoms with Crippen LogP contribution in [0.1, 0.15) is 35.1 Å². The Morgan fingerprint density at radius 3 is 2.90 bits per heavy atom. The molecule has 1 aliphatic rings. The van der Waals surface area contributed by atoms with E-state index in [1.807, 2.05) is 18.2 Å². The zero-order valence-electron chi connectivity index (χ0n) is 15.6. The molecular weight excluding hydrogens is 376 g/mol. The van der Waals surface area contributed by atoms with E-state index in [9.17, 15) is 14.9 Å². The van der Waals surface area contributed by atoms with Crippen LogP contribution in [0.25, 0.3) is 11.4 Å². The smallest absolute Gasteiger partial charge is 0.270 e. The zero-order chi connectivity index (χ0) is 20.4. The number of ether oxygens (including phenoxy) is 1. The van der Waals surface area contributed by atoms with Crippen LogP contribution in [0.4, 0.5) is 5.69 Å². The predicted molar refractivity (Wildman–Crippen MR) is 102 cm³/mol. The Morgan fingerprint density at radius 1 is 1.28 bits per heavy atom. The Bertz CT molecular complexity index is 1060. The van der Waals surface area contributed by atoms with Crippen LogP contribution in [0.5, 0.6) is 5.75 Å². The lowest BCUT2D eigenvalue weighted by molar-refractivity contribution is -0.384. The van der Waals surface area contributed by atoms with E-state index in [-0.39, 0.29) is 23.2 Å². The van der Waals surface area contributed by atoms with Crippen molar-refractivity contribution >= 4 is 11.6 Å². The first-order valence-electron chi connectivity index (χ1n) is 9.10. The molecule has 1 fully saturated rings. The number of methoxy groups -OCH3 is 1. The van der Waals surface area contributed by atoms with Crippen molar-refractivity contribution in [2.24, 2.45) is 0 Å². The van der Waals surface area contributed by atoms with E-state index in [0.29, 0.717) is 30.4 Å². The lowest BCUT2D eigenvalue weighted by Gasteiger charge is -2.21. The van der Waals surface area contributed by atoms with Gasteiger partial charge in [-0.3, -0.25) is 14.9 Å². The Morgan fingerprint density at radius 2 is 2.10 bits per heavy atom. The molecule has 29 heavy (non-hydrogen) atoms. The third kappa shape index (κ3) is 3.66. The molecule has 9 heteroatoms. The SMILES string of the molecule is COc1cccc(-c2noc(C3CCCN3C(=O)c3cccc([N+](=O)[O-])c3)n2)c1. The summed E-state index contributed by atoms with van der Waals surface area (Å²) in [4.78, 5) is 29.6. The third-order valence-electron chi connectivity index (χ3n) is 4.87. The first-order valence-corrected chi connectivity index (χ1v) is 9.10. The van der Waals surface area contributed by atoms with E-state index in [1.54, 1.807) is 24.1 Å². The van der Waals surface area contributed by atoms with Crippen molar-refractivity contribution in [2.45, 2.75) is 18.9 Å². The molecule has 148 valence electrons. The fourth-order valence-electron chi connectivity index (χ4n) is 3.43. The minimum absolute atomic E-state index is 0.121. The van der Waals surface area contributed by atoms with Gasteiger partial charge in [0.05, 0.1) is 12.0 Å². The topological polar surface area (TPSA) is 112 Å². The summed E-state index contributed by atoms with van der Waals surface area (Å²) >= 11 is 0. The number of hydrogen-bond donors (Lipinski definition) is 0. The number of non-ortho nitro benzene ring substituents is 1. The molecule has 0 aliphatic carbocycles. The van der Waals surface area contributed by atoms with Gasteiger partial charge in [-0.25, -0.2) is 0 Å². The highest BCUT2D eigenvalue weighted by atomic mass is 16.6. The summed E-state index contributed by atoms with van der Waals surface area (Å²) in [5, 5.41) is 15.0. The largest absolute Gasteiger partial charge is 0.497 e. The average molecular weight is 394 g/mol. The third-order valence-corrected chi connectivity index (χ3v) is 4.87. The first-order chi connectivity index (χ1) is 14.1. The number of rotatable bonds is 5. The number of benzene rings is 2. The van der Waals surface area contributed by atoms with Crippen molar-refractivity contribution in [1.29, 1.82) is 0 Å². The van der Waals surface area contributed by atoms with Crippen molar-refractivity contribution in [2.75, 3.05) is 13.7 Å². The Kier molecular flexibility index (Phi) is 4.94. The van der Waals surface area contributed by atoms with Crippen molar-refractivity contribution in [3.05, 3.63) is 70.1 Å². The van der Waals surface area contributed by atoms with Crippen LogP contribution in [0, 0.1) is 10.1 Å². The van der Waals surface area contributed by atoms with E-state index >= 15 is 0 Å². The summed E-state index contributed by atoms with van der Waals surface area (Å²) in [6.45, 7) is 0.517. The molecular formula is C20H18N4O5. The maximum atomic E-state index is 13.0. The number of nitrogens with zero attached hydrogens (tertiary/aromatic N) is 4. The number of likely N-dealkylation sites (tertiary alicyclic amines) is 1. The summed E-state index contributed by atoms with van der Waals surface area (Å²) in [6, 6.07) is 12.6. The number of carbonyl (C=O) groups excluding carboxylic acids is 1. The van der Waals surface area contributed by atoms with Crippen molar-refractivity contribution < 1.29 is 19.0 Å². The maximum absolute atomic E-state index is 13.0. The summed E-state index contributed by atoms with van der Waals surface area (Å²) in [5.74, 6) is 1.14. The summed E-state index contributed by atoms with van der Waals surface area (Å²) in [5.41, 5.74) is 0.886. The number of nitro benzene ring substituents is 1. The van der Waals surface area contributed by atoms with Crippen LogP contribution in [-0.4, -0.2) is 39.5 Å². The molecule has 0 saturated carbocycles. The minimum atomic E-state index is -0.517. The fourth-order valence-corrected chi connectivity index (χ4v) is 3.43. The molecule has 4 rings (SSSR count). The van der Waals surface area contributed by atoms with E-state index in [0.717, 1.165) is 12.0 Å². The van der Waals surface area contributed by atoms with Crippen molar-refractivity contribution in [3.8, 4) is 17.1 Å².